The Hall–Kier alpha value is -4.89. The number of anilines is 3. The van der Waals surface area contributed by atoms with Gasteiger partial charge in [-0.25, -0.2) is 5.48 Å². The molecule has 11 nitrogen and oxygen atoms in total. The molecule has 1 fully saturated rings. The Morgan fingerprint density at radius 3 is 2.02 bits per heavy atom. The summed E-state index contributed by atoms with van der Waals surface area (Å²) in [5.74, 6) is 4.37. The second-order valence-electron chi connectivity index (χ2n) is 9.62. The van der Waals surface area contributed by atoms with Gasteiger partial charge in [0.25, 0.3) is 11.8 Å². The predicted octanol–water partition coefficient (Wildman–Crippen LogP) is 1.96. The lowest BCUT2D eigenvalue weighted by Crippen LogP contribution is -2.51. The first-order valence-corrected chi connectivity index (χ1v) is 13.4. The van der Waals surface area contributed by atoms with Crippen LogP contribution in [-0.2, 0) is 14.3 Å². The van der Waals surface area contributed by atoms with Crippen LogP contribution in [0.2, 0.25) is 0 Å². The second kappa shape index (κ2) is 14.7. The molecule has 0 radical (unpaired) electrons. The van der Waals surface area contributed by atoms with Crippen LogP contribution in [0.5, 0.6) is 0 Å². The molecule has 6 N–H and O–H groups in total. The van der Waals surface area contributed by atoms with E-state index in [4.69, 9.17) is 9.94 Å². The van der Waals surface area contributed by atoms with E-state index in [2.05, 4.69) is 32.7 Å². The molecule has 1 aliphatic heterocycles. The maximum Gasteiger partial charge on any atom is 0.268 e. The van der Waals surface area contributed by atoms with Gasteiger partial charge in [-0.3, -0.25) is 19.6 Å². The third-order valence-corrected chi connectivity index (χ3v) is 6.53. The van der Waals surface area contributed by atoms with Crippen molar-refractivity contribution in [1.82, 2.24) is 10.8 Å². The molecule has 0 saturated carbocycles. The quantitative estimate of drug-likeness (QED) is 0.130. The van der Waals surface area contributed by atoms with E-state index in [1.165, 1.54) is 12.4 Å². The van der Waals surface area contributed by atoms with Crippen molar-refractivity contribution in [3.05, 3.63) is 89.5 Å². The molecular weight excluding hydrogens is 538 g/mol. The Balaban J connectivity index is 1.25. The summed E-state index contributed by atoms with van der Waals surface area (Å²) in [7, 11) is 0. The van der Waals surface area contributed by atoms with Crippen LogP contribution in [0.3, 0.4) is 0 Å². The SMILES string of the molecule is C[C@@H](O)[C@H](NC(=O)c1ccc(C#Cc2ccc(NC(=O)CNc3ccc(N4CCOCC4)cc3)cc2)cc1)C(=O)NO. The third-order valence-electron chi connectivity index (χ3n) is 6.53. The predicted molar refractivity (Wildman–Crippen MR) is 158 cm³/mol. The molecule has 3 aromatic rings. The van der Waals surface area contributed by atoms with Crippen molar-refractivity contribution in [3.8, 4) is 11.8 Å². The third kappa shape index (κ3) is 8.55. The van der Waals surface area contributed by atoms with Crippen molar-refractivity contribution in [1.29, 1.82) is 0 Å². The maximum atomic E-state index is 12.4. The fourth-order valence-electron chi connectivity index (χ4n) is 4.18. The van der Waals surface area contributed by atoms with Crippen LogP contribution in [0.1, 0.15) is 28.4 Å². The second-order valence-corrected chi connectivity index (χ2v) is 9.62. The van der Waals surface area contributed by atoms with Gasteiger partial charge in [0.15, 0.2) is 0 Å². The van der Waals surface area contributed by atoms with Crippen molar-refractivity contribution >= 4 is 34.8 Å². The molecule has 4 rings (SSSR count). The molecule has 0 aliphatic carbocycles. The highest BCUT2D eigenvalue weighted by molar-refractivity contribution is 5.97. The molecule has 0 spiro atoms. The minimum atomic E-state index is -1.30. The number of morpholine rings is 1. The number of amides is 3. The zero-order chi connectivity index (χ0) is 29.9. The molecule has 11 heteroatoms. The van der Waals surface area contributed by atoms with Crippen LogP contribution in [0, 0.1) is 11.8 Å². The molecule has 3 amide bonds. The average molecular weight is 572 g/mol. The normalized spacial score (nSPS) is 14.0. The number of aliphatic hydroxyl groups excluding tert-OH is 1. The first-order valence-electron chi connectivity index (χ1n) is 13.4. The molecule has 2 atom stereocenters. The summed E-state index contributed by atoms with van der Waals surface area (Å²) in [5, 5.41) is 26.8. The molecule has 0 aromatic heterocycles. The van der Waals surface area contributed by atoms with Crippen molar-refractivity contribution in [2.45, 2.75) is 19.1 Å². The number of hydrogen-bond donors (Lipinski definition) is 6. The monoisotopic (exact) mass is 571 g/mol. The van der Waals surface area contributed by atoms with E-state index in [1.807, 2.05) is 24.3 Å². The van der Waals surface area contributed by atoms with E-state index in [-0.39, 0.29) is 18.0 Å². The minimum Gasteiger partial charge on any atom is -0.391 e. The van der Waals surface area contributed by atoms with E-state index in [1.54, 1.807) is 48.5 Å². The first kappa shape index (κ1) is 30.1. The van der Waals surface area contributed by atoms with Gasteiger partial charge in [0, 0.05) is 46.8 Å². The first-order chi connectivity index (χ1) is 20.3. The topological polar surface area (TPSA) is 152 Å². The number of nitrogens with one attached hydrogen (secondary N) is 4. The molecule has 1 heterocycles. The summed E-state index contributed by atoms with van der Waals surface area (Å²) in [4.78, 5) is 38.7. The maximum absolute atomic E-state index is 12.4. The number of carbonyl (C=O) groups excluding carboxylic acids is 3. The molecule has 1 saturated heterocycles. The van der Waals surface area contributed by atoms with Crippen molar-refractivity contribution in [2.75, 3.05) is 48.4 Å². The summed E-state index contributed by atoms with van der Waals surface area (Å²) in [6.45, 7) is 4.65. The number of hydroxylamine groups is 1. The van der Waals surface area contributed by atoms with E-state index < -0.39 is 24.0 Å². The molecule has 0 unspecified atom stereocenters. The zero-order valence-electron chi connectivity index (χ0n) is 23.1. The molecule has 1 aliphatic rings. The molecule has 42 heavy (non-hydrogen) atoms. The fraction of sp³-hybridized carbons (Fsp3) is 0.258. The lowest BCUT2D eigenvalue weighted by atomic mass is 10.1. The number of hydrogen-bond acceptors (Lipinski definition) is 8. The van der Waals surface area contributed by atoms with Gasteiger partial charge in [-0.2, -0.15) is 0 Å². The molecular formula is C31H33N5O6. The van der Waals surface area contributed by atoms with Gasteiger partial charge in [0.2, 0.25) is 5.91 Å². The number of carbonyl (C=O) groups is 3. The van der Waals surface area contributed by atoms with Crippen molar-refractivity contribution in [3.63, 3.8) is 0 Å². The number of rotatable bonds is 9. The van der Waals surface area contributed by atoms with Crippen molar-refractivity contribution in [2.24, 2.45) is 0 Å². The molecule has 0 bridgehead atoms. The largest absolute Gasteiger partial charge is 0.391 e. The number of nitrogens with zero attached hydrogens (tertiary/aromatic N) is 1. The number of ether oxygens (including phenoxy) is 1. The highest BCUT2D eigenvalue weighted by Crippen LogP contribution is 2.19. The molecule has 3 aromatic carbocycles. The van der Waals surface area contributed by atoms with E-state index in [0.717, 1.165) is 43.2 Å². The Morgan fingerprint density at radius 2 is 1.45 bits per heavy atom. The van der Waals surface area contributed by atoms with Crippen LogP contribution < -0.4 is 26.3 Å². The van der Waals surface area contributed by atoms with Crippen LogP contribution in [0.25, 0.3) is 0 Å². The lowest BCUT2D eigenvalue weighted by molar-refractivity contribution is -0.133. The van der Waals surface area contributed by atoms with Gasteiger partial charge in [-0.15, -0.1) is 0 Å². The van der Waals surface area contributed by atoms with Crippen LogP contribution >= 0.6 is 0 Å². The van der Waals surface area contributed by atoms with E-state index in [9.17, 15) is 19.5 Å². The standard InChI is InChI=1S/C31H33N5O6/c1-21(37)29(31(40)35-41)34-30(39)24-8-4-22(5-9-24)2-3-23-6-10-26(11-7-23)33-28(38)20-32-25-12-14-27(15-13-25)36-16-18-42-19-17-36/h4-15,21,29,32,37,41H,16-20H2,1H3,(H,33,38)(H,34,39)(H,35,40)/t21-,29+/m1/s1. The summed E-state index contributed by atoms with van der Waals surface area (Å²) in [6.07, 6.45) is -1.20. The van der Waals surface area contributed by atoms with Crippen LogP contribution in [0.15, 0.2) is 72.8 Å². The summed E-state index contributed by atoms with van der Waals surface area (Å²) in [6, 6.07) is 20.2. The molecule has 218 valence electrons. The van der Waals surface area contributed by atoms with Gasteiger partial charge >= 0.3 is 0 Å². The van der Waals surface area contributed by atoms with Gasteiger partial charge in [-0.05, 0) is 79.7 Å². The Morgan fingerprint density at radius 1 is 0.881 bits per heavy atom. The smallest absolute Gasteiger partial charge is 0.268 e. The van der Waals surface area contributed by atoms with E-state index in [0.29, 0.717) is 11.3 Å². The van der Waals surface area contributed by atoms with Crippen molar-refractivity contribution < 1.29 is 29.4 Å². The fourth-order valence-corrected chi connectivity index (χ4v) is 4.18. The highest BCUT2D eigenvalue weighted by atomic mass is 16.5. The summed E-state index contributed by atoms with van der Waals surface area (Å²) < 4.78 is 5.39. The Bertz CT molecular complexity index is 1420. The van der Waals surface area contributed by atoms with Crippen LogP contribution in [-0.4, -0.2) is 73.0 Å². The van der Waals surface area contributed by atoms with Gasteiger partial charge in [-0.1, -0.05) is 11.8 Å². The highest BCUT2D eigenvalue weighted by Gasteiger charge is 2.25. The summed E-state index contributed by atoms with van der Waals surface area (Å²) >= 11 is 0. The zero-order valence-corrected chi connectivity index (χ0v) is 23.1. The lowest BCUT2D eigenvalue weighted by Gasteiger charge is -2.28. The van der Waals surface area contributed by atoms with Gasteiger partial charge in [0.05, 0.1) is 25.9 Å². The van der Waals surface area contributed by atoms with Gasteiger partial charge < -0.3 is 30.7 Å². The number of aliphatic hydroxyl groups is 1. The van der Waals surface area contributed by atoms with Crippen LogP contribution in [0.4, 0.5) is 17.1 Å². The Kier molecular flexibility index (Phi) is 10.5. The average Bonchev–Trinajstić information content (AvgIpc) is 3.02. The Labute approximate surface area is 243 Å². The van der Waals surface area contributed by atoms with E-state index >= 15 is 0 Å². The van der Waals surface area contributed by atoms with Gasteiger partial charge in [0.1, 0.15) is 6.04 Å². The minimum absolute atomic E-state index is 0.126. The summed E-state index contributed by atoms with van der Waals surface area (Å²) in [5.41, 5.74) is 5.72. The number of benzene rings is 3.